The lowest BCUT2D eigenvalue weighted by Crippen LogP contribution is -2.00. The van der Waals surface area contributed by atoms with Gasteiger partial charge in [-0.3, -0.25) is 0 Å². The third-order valence-corrected chi connectivity index (χ3v) is 3.38. The first-order chi connectivity index (χ1) is 8.56. The lowest BCUT2D eigenvalue weighted by atomic mass is 10.2. The van der Waals surface area contributed by atoms with Crippen molar-refractivity contribution in [3.63, 3.8) is 0 Å². The van der Waals surface area contributed by atoms with Gasteiger partial charge in [-0.15, -0.1) is 0 Å². The molecule has 2 aromatic rings. The lowest BCUT2D eigenvalue weighted by molar-refractivity contribution is 0.0693. The monoisotopic (exact) mass is 280 g/mol. The second-order valence-electron chi connectivity index (χ2n) is 3.48. The van der Waals surface area contributed by atoms with Crippen molar-refractivity contribution in [3.8, 4) is 0 Å². The molecule has 0 saturated carbocycles. The number of carboxylic acids is 1. The van der Waals surface area contributed by atoms with Crippen LogP contribution in [-0.2, 0) is 0 Å². The molecule has 1 aromatic carbocycles. The van der Waals surface area contributed by atoms with Gasteiger partial charge < -0.3 is 10.8 Å². The Kier molecular flexibility index (Phi) is 3.74. The van der Waals surface area contributed by atoms with E-state index in [-0.39, 0.29) is 5.56 Å². The predicted octanol–water partition coefficient (Wildman–Crippen LogP) is 3.17. The van der Waals surface area contributed by atoms with E-state index in [0.29, 0.717) is 20.6 Å². The number of nitrogens with zero attached hydrogens (tertiary/aromatic N) is 1. The van der Waals surface area contributed by atoms with Crippen LogP contribution in [-0.4, -0.2) is 16.1 Å². The van der Waals surface area contributed by atoms with Crippen molar-refractivity contribution in [2.75, 3.05) is 5.73 Å². The van der Waals surface area contributed by atoms with Crippen LogP contribution in [0.3, 0.4) is 0 Å². The van der Waals surface area contributed by atoms with E-state index in [2.05, 4.69) is 4.98 Å². The largest absolute Gasteiger partial charge is 0.478 e. The minimum atomic E-state index is -0.994. The second kappa shape index (κ2) is 5.29. The number of hydrogen-bond donors (Lipinski definition) is 2. The molecule has 0 bridgehead atoms. The van der Waals surface area contributed by atoms with E-state index >= 15 is 0 Å². The number of halogens is 1. The van der Waals surface area contributed by atoms with Crippen LogP contribution in [0, 0.1) is 0 Å². The van der Waals surface area contributed by atoms with E-state index in [4.69, 9.17) is 22.4 Å². The van der Waals surface area contributed by atoms with Gasteiger partial charge in [-0.1, -0.05) is 23.4 Å². The number of nitrogens with two attached hydrogens (primary N) is 1. The van der Waals surface area contributed by atoms with Crippen molar-refractivity contribution in [3.05, 3.63) is 47.1 Å². The summed E-state index contributed by atoms with van der Waals surface area (Å²) in [5.74, 6) is -0.994. The number of pyridine rings is 1. The van der Waals surface area contributed by atoms with Crippen LogP contribution in [0.15, 0.2) is 46.5 Å². The van der Waals surface area contributed by atoms with Crippen LogP contribution in [0.5, 0.6) is 0 Å². The standard InChI is InChI=1S/C12H9ClN2O2S/c13-7-1-4-11(15-6-7)18-10-5-8(14)2-3-9(10)12(16)17/h1-6H,14H2,(H,16,17). The van der Waals surface area contributed by atoms with Crippen molar-refractivity contribution in [2.24, 2.45) is 0 Å². The van der Waals surface area contributed by atoms with E-state index in [1.807, 2.05) is 0 Å². The van der Waals surface area contributed by atoms with E-state index in [1.165, 1.54) is 24.0 Å². The molecule has 0 saturated heterocycles. The average Bonchev–Trinajstić information content (AvgIpc) is 2.32. The SMILES string of the molecule is Nc1ccc(C(=O)O)c(Sc2ccc(Cl)cn2)c1. The first kappa shape index (κ1) is 12.7. The predicted molar refractivity (Wildman–Crippen MR) is 71.2 cm³/mol. The quantitative estimate of drug-likeness (QED) is 0.845. The van der Waals surface area contributed by atoms with Gasteiger partial charge in [0.2, 0.25) is 0 Å². The number of carboxylic acid groups (broad SMARTS) is 1. The molecule has 0 fully saturated rings. The van der Waals surface area contributed by atoms with Crippen molar-refractivity contribution >= 4 is 35.0 Å². The highest BCUT2D eigenvalue weighted by Crippen LogP contribution is 2.31. The summed E-state index contributed by atoms with van der Waals surface area (Å²) in [6.07, 6.45) is 1.51. The fourth-order valence-corrected chi connectivity index (χ4v) is 2.37. The Balaban J connectivity index is 2.35. The zero-order valence-electron chi connectivity index (χ0n) is 9.13. The van der Waals surface area contributed by atoms with Crippen molar-refractivity contribution < 1.29 is 9.90 Å². The number of nitrogen functional groups attached to an aromatic ring is 1. The fraction of sp³-hybridized carbons (Fsp3) is 0. The van der Waals surface area contributed by atoms with E-state index in [1.54, 1.807) is 24.3 Å². The van der Waals surface area contributed by atoms with Gasteiger partial charge >= 0.3 is 5.97 Å². The number of anilines is 1. The molecule has 4 nitrogen and oxygen atoms in total. The van der Waals surface area contributed by atoms with Gasteiger partial charge in [0.1, 0.15) is 5.03 Å². The Hall–Kier alpha value is -1.72. The van der Waals surface area contributed by atoms with Crippen LogP contribution in [0.25, 0.3) is 0 Å². The van der Waals surface area contributed by atoms with Crippen molar-refractivity contribution in [1.82, 2.24) is 4.98 Å². The van der Waals surface area contributed by atoms with Crippen LogP contribution >= 0.6 is 23.4 Å². The number of aromatic carboxylic acids is 1. The maximum Gasteiger partial charge on any atom is 0.336 e. The summed E-state index contributed by atoms with van der Waals surface area (Å²) in [5, 5.41) is 10.3. The minimum absolute atomic E-state index is 0.200. The molecule has 0 radical (unpaired) electrons. The van der Waals surface area contributed by atoms with Gasteiger partial charge in [0.15, 0.2) is 0 Å². The van der Waals surface area contributed by atoms with Gasteiger partial charge in [-0.05, 0) is 30.3 Å². The third-order valence-electron chi connectivity index (χ3n) is 2.15. The van der Waals surface area contributed by atoms with E-state index in [0.717, 1.165) is 0 Å². The zero-order valence-corrected chi connectivity index (χ0v) is 10.7. The van der Waals surface area contributed by atoms with Crippen LogP contribution in [0.4, 0.5) is 5.69 Å². The van der Waals surface area contributed by atoms with E-state index < -0.39 is 5.97 Å². The Morgan fingerprint density at radius 2 is 2.11 bits per heavy atom. The molecular weight excluding hydrogens is 272 g/mol. The summed E-state index contributed by atoms with van der Waals surface area (Å²) in [6, 6.07) is 8.08. The summed E-state index contributed by atoms with van der Waals surface area (Å²) >= 11 is 6.97. The second-order valence-corrected chi connectivity index (χ2v) is 4.98. The van der Waals surface area contributed by atoms with Gasteiger partial charge in [0.25, 0.3) is 0 Å². The molecule has 0 atom stereocenters. The summed E-state index contributed by atoms with van der Waals surface area (Å²) in [5.41, 5.74) is 6.37. The van der Waals surface area contributed by atoms with Gasteiger partial charge in [0.05, 0.1) is 10.6 Å². The molecule has 0 amide bonds. The Labute approximate surface area is 113 Å². The molecule has 1 aromatic heterocycles. The molecule has 1 heterocycles. The average molecular weight is 281 g/mol. The smallest absolute Gasteiger partial charge is 0.336 e. The van der Waals surface area contributed by atoms with Gasteiger partial charge in [-0.2, -0.15) is 0 Å². The molecule has 0 aliphatic heterocycles. The number of rotatable bonds is 3. The van der Waals surface area contributed by atoms with Crippen molar-refractivity contribution in [2.45, 2.75) is 9.92 Å². The number of aromatic nitrogens is 1. The molecule has 18 heavy (non-hydrogen) atoms. The molecule has 92 valence electrons. The first-order valence-electron chi connectivity index (χ1n) is 4.98. The summed E-state index contributed by atoms with van der Waals surface area (Å²) < 4.78 is 0. The summed E-state index contributed by atoms with van der Waals surface area (Å²) in [7, 11) is 0. The zero-order chi connectivity index (χ0) is 13.1. The maximum atomic E-state index is 11.1. The van der Waals surface area contributed by atoms with Crippen LogP contribution < -0.4 is 5.73 Å². The molecule has 0 aliphatic rings. The molecular formula is C12H9ClN2O2S. The van der Waals surface area contributed by atoms with Crippen LogP contribution in [0.2, 0.25) is 5.02 Å². The molecule has 0 unspecified atom stereocenters. The Morgan fingerprint density at radius 3 is 2.72 bits per heavy atom. The number of carbonyl (C=O) groups is 1. The molecule has 2 rings (SSSR count). The molecule has 6 heteroatoms. The first-order valence-corrected chi connectivity index (χ1v) is 6.18. The van der Waals surface area contributed by atoms with Gasteiger partial charge in [0, 0.05) is 16.8 Å². The highest BCUT2D eigenvalue weighted by atomic mass is 35.5. The molecule has 0 aliphatic carbocycles. The summed E-state index contributed by atoms with van der Waals surface area (Å²) in [4.78, 5) is 15.7. The fourth-order valence-electron chi connectivity index (χ4n) is 1.34. The minimum Gasteiger partial charge on any atom is -0.478 e. The van der Waals surface area contributed by atoms with Crippen LogP contribution in [0.1, 0.15) is 10.4 Å². The van der Waals surface area contributed by atoms with Crippen molar-refractivity contribution in [1.29, 1.82) is 0 Å². The Bertz CT molecular complexity index is 587. The highest BCUT2D eigenvalue weighted by molar-refractivity contribution is 7.99. The normalized spacial score (nSPS) is 10.3. The summed E-state index contributed by atoms with van der Waals surface area (Å²) in [6.45, 7) is 0. The third kappa shape index (κ3) is 2.94. The van der Waals surface area contributed by atoms with E-state index in [9.17, 15) is 4.79 Å². The molecule has 3 N–H and O–H groups in total. The Morgan fingerprint density at radius 1 is 1.33 bits per heavy atom. The highest BCUT2D eigenvalue weighted by Gasteiger charge is 2.12. The molecule has 0 spiro atoms. The lowest BCUT2D eigenvalue weighted by Gasteiger charge is -2.06. The number of benzene rings is 1. The number of hydrogen-bond acceptors (Lipinski definition) is 4. The topological polar surface area (TPSA) is 76.2 Å². The maximum absolute atomic E-state index is 11.1. The van der Waals surface area contributed by atoms with Gasteiger partial charge in [-0.25, -0.2) is 9.78 Å².